The Kier molecular flexibility index (Phi) is 6.65. The largest absolute Gasteiger partial charge is 0.494 e. The lowest BCUT2D eigenvalue weighted by molar-refractivity contribution is -0.0180. The Morgan fingerprint density at radius 3 is 2.62 bits per heavy atom. The Morgan fingerprint density at radius 1 is 1.14 bits per heavy atom. The van der Waals surface area contributed by atoms with Gasteiger partial charge in [0.05, 0.1) is 20.8 Å². The Bertz CT molecular complexity index is 1470. The Balaban J connectivity index is 1.62. The summed E-state index contributed by atoms with van der Waals surface area (Å²) in [5.74, 6) is 1.90. The second kappa shape index (κ2) is 10.2. The van der Waals surface area contributed by atoms with Gasteiger partial charge >= 0.3 is 5.69 Å². The van der Waals surface area contributed by atoms with Crippen molar-refractivity contribution < 1.29 is 18.9 Å². The fourth-order valence-corrected chi connectivity index (χ4v) is 4.45. The van der Waals surface area contributed by atoms with Crippen LogP contribution in [0.15, 0.2) is 65.5 Å². The summed E-state index contributed by atoms with van der Waals surface area (Å²) in [6.07, 6.45) is 0.515. The summed E-state index contributed by atoms with van der Waals surface area (Å²) in [7, 11) is 3.14. The molecule has 0 saturated carbocycles. The highest BCUT2D eigenvalue weighted by molar-refractivity contribution is 5.94. The summed E-state index contributed by atoms with van der Waals surface area (Å²) in [4.78, 5) is 16.0. The minimum Gasteiger partial charge on any atom is -0.494 e. The maximum absolute atomic E-state index is 13.1. The molecule has 4 aromatic rings. The second-order valence-electron chi connectivity index (χ2n) is 8.59. The molecule has 0 spiro atoms. The normalized spacial score (nSPS) is 13.4. The van der Waals surface area contributed by atoms with Crippen LogP contribution in [0.3, 0.4) is 0 Å². The molecule has 10 heteroatoms. The number of nitrogens with one attached hydrogen (secondary N) is 2. The van der Waals surface area contributed by atoms with Crippen molar-refractivity contribution in [3.8, 4) is 22.9 Å². The van der Waals surface area contributed by atoms with E-state index in [1.165, 1.54) is 4.68 Å². The first-order valence-electron chi connectivity index (χ1n) is 11.7. The molecule has 0 radical (unpaired) electrons. The number of benzene rings is 3. The average Bonchev–Trinajstić information content (AvgIpc) is 3.32. The van der Waals surface area contributed by atoms with Crippen LogP contribution in [0.25, 0.3) is 5.69 Å². The lowest BCUT2D eigenvalue weighted by Crippen LogP contribution is -2.16. The lowest BCUT2D eigenvalue weighted by Gasteiger charge is -2.23. The van der Waals surface area contributed by atoms with E-state index < -0.39 is 0 Å². The molecule has 0 aliphatic carbocycles. The third-order valence-corrected chi connectivity index (χ3v) is 6.30. The highest BCUT2D eigenvalue weighted by Gasteiger charge is 2.26. The zero-order chi connectivity index (χ0) is 25.9. The third-order valence-electron chi connectivity index (χ3n) is 6.30. The summed E-state index contributed by atoms with van der Waals surface area (Å²) in [6.45, 7) is 0.539. The van der Waals surface area contributed by atoms with Crippen molar-refractivity contribution in [2.45, 2.75) is 18.9 Å². The first-order chi connectivity index (χ1) is 18.0. The molecule has 1 atom stereocenters. The van der Waals surface area contributed by atoms with Gasteiger partial charge in [-0.05, 0) is 41.8 Å². The number of H-pyrrole nitrogens is 1. The summed E-state index contributed by atoms with van der Waals surface area (Å²) >= 11 is 0. The molecule has 190 valence electrons. The number of methoxy groups -OCH3 is 2. The van der Waals surface area contributed by atoms with Gasteiger partial charge in [-0.2, -0.15) is 4.68 Å². The van der Waals surface area contributed by atoms with Crippen LogP contribution in [0.1, 0.15) is 34.0 Å². The van der Waals surface area contributed by atoms with E-state index in [9.17, 15) is 4.79 Å². The minimum atomic E-state index is -0.381. The van der Waals surface area contributed by atoms with Crippen LogP contribution in [0.4, 0.5) is 0 Å². The van der Waals surface area contributed by atoms with Crippen molar-refractivity contribution in [1.82, 2.24) is 14.8 Å². The van der Waals surface area contributed by atoms with Crippen molar-refractivity contribution in [3.05, 3.63) is 99.2 Å². The first-order valence-corrected chi connectivity index (χ1v) is 11.7. The highest BCUT2D eigenvalue weighted by atomic mass is 16.7. The summed E-state index contributed by atoms with van der Waals surface area (Å²) in [6, 6.07) is 18.5. The van der Waals surface area contributed by atoms with E-state index in [-0.39, 0.29) is 24.2 Å². The van der Waals surface area contributed by atoms with Gasteiger partial charge in [0.15, 0.2) is 18.3 Å². The monoisotopic (exact) mass is 501 g/mol. The van der Waals surface area contributed by atoms with Crippen LogP contribution in [-0.4, -0.2) is 41.6 Å². The predicted molar refractivity (Wildman–Crippen MR) is 137 cm³/mol. The number of hydrogen-bond acceptors (Lipinski definition) is 7. The smallest absolute Gasteiger partial charge is 0.348 e. The van der Waals surface area contributed by atoms with E-state index >= 15 is 0 Å². The zero-order valence-electron chi connectivity index (χ0n) is 20.5. The van der Waals surface area contributed by atoms with E-state index in [2.05, 4.69) is 10.1 Å². The number of hydrogen-bond donors (Lipinski definition) is 3. The molecule has 1 aliphatic rings. The fourth-order valence-electron chi connectivity index (χ4n) is 4.45. The average molecular weight is 502 g/mol. The number of nitrogens with two attached hydrogens (primary N) is 1. The lowest BCUT2D eigenvalue weighted by atomic mass is 9.89. The number of rotatable bonds is 8. The number of para-hydroxylation sites is 2. The van der Waals surface area contributed by atoms with Gasteiger partial charge in [-0.3, -0.25) is 10.4 Å². The first kappa shape index (κ1) is 24.1. The molecule has 0 fully saturated rings. The van der Waals surface area contributed by atoms with Crippen molar-refractivity contribution in [3.63, 3.8) is 0 Å². The molecule has 10 nitrogen and oxygen atoms in total. The molecule has 2 heterocycles. The van der Waals surface area contributed by atoms with Gasteiger partial charge in [0.25, 0.3) is 0 Å². The molecule has 1 aliphatic heterocycles. The van der Waals surface area contributed by atoms with Gasteiger partial charge in [0.2, 0.25) is 0 Å². The molecular weight excluding hydrogens is 474 g/mol. The number of nitrogens with zero attached hydrogens (tertiary/aromatic N) is 2. The van der Waals surface area contributed by atoms with E-state index in [4.69, 9.17) is 30.1 Å². The molecule has 1 aromatic heterocycles. The van der Waals surface area contributed by atoms with Crippen LogP contribution in [0.5, 0.6) is 17.2 Å². The van der Waals surface area contributed by atoms with Gasteiger partial charge in [-0.25, -0.2) is 4.79 Å². The zero-order valence-corrected chi connectivity index (χ0v) is 20.5. The Labute approximate surface area is 213 Å². The molecular formula is C27H27N5O5. The van der Waals surface area contributed by atoms with Crippen molar-refractivity contribution in [1.29, 1.82) is 5.41 Å². The Morgan fingerprint density at radius 2 is 1.89 bits per heavy atom. The van der Waals surface area contributed by atoms with Crippen molar-refractivity contribution in [2.24, 2.45) is 5.73 Å². The molecule has 3 aromatic carbocycles. The molecule has 4 N–H and O–H groups in total. The standard InChI is InChI=1S/C27H27N5O5/c1-34-22-6-4-3-5-21(22)32-27(33)30-26(31-32)20(11-16-7-9-17(10-8-16)25(28)29)18-12-19-14-36-15-37-24(19)23(13-18)35-2/h3-10,12-13,20H,11,14-15H2,1-2H3,(H3,28,29)(H,30,31,33). The second-order valence-corrected chi connectivity index (χ2v) is 8.59. The van der Waals surface area contributed by atoms with E-state index in [0.29, 0.717) is 47.4 Å². The maximum Gasteiger partial charge on any atom is 0.348 e. The summed E-state index contributed by atoms with van der Waals surface area (Å²) in [5.41, 5.74) is 9.12. The minimum absolute atomic E-state index is 0.00223. The Hall–Kier alpha value is -4.57. The summed E-state index contributed by atoms with van der Waals surface area (Å²) in [5, 5.41) is 12.4. The van der Waals surface area contributed by atoms with Crippen LogP contribution in [0.2, 0.25) is 0 Å². The molecule has 0 amide bonds. The number of aromatic nitrogens is 3. The summed E-state index contributed by atoms with van der Waals surface area (Å²) < 4.78 is 23.5. The SMILES string of the molecule is COc1ccccc1-n1nc(C(Cc2ccc(C(=N)N)cc2)c2cc3c(c(OC)c2)OCOC3)[nH]c1=O. The van der Waals surface area contributed by atoms with Crippen molar-refractivity contribution >= 4 is 5.84 Å². The van der Waals surface area contributed by atoms with Gasteiger partial charge in [-0.1, -0.05) is 36.4 Å². The van der Waals surface area contributed by atoms with Crippen LogP contribution in [0, 0.1) is 5.41 Å². The molecule has 1 unspecified atom stereocenters. The third kappa shape index (κ3) is 4.78. The molecule has 5 rings (SSSR count). The van der Waals surface area contributed by atoms with Gasteiger partial charge in [0.1, 0.15) is 23.1 Å². The fraction of sp³-hybridized carbons (Fsp3) is 0.222. The highest BCUT2D eigenvalue weighted by Crippen LogP contribution is 2.39. The van der Waals surface area contributed by atoms with Crippen LogP contribution < -0.4 is 25.6 Å². The van der Waals surface area contributed by atoms with Gasteiger partial charge in [-0.15, -0.1) is 5.10 Å². The van der Waals surface area contributed by atoms with Crippen molar-refractivity contribution in [2.75, 3.05) is 21.0 Å². The van der Waals surface area contributed by atoms with E-state index in [0.717, 1.165) is 16.7 Å². The van der Waals surface area contributed by atoms with E-state index in [1.807, 2.05) is 36.4 Å². The number of fused-ring (bicyclic) bond motifs is 1. The number of nitrogen functional groups attached to an aromatic ring is 1. The molecule has 0 saturated heterocycles. The topological polar surface area (TPSA) is 137 Å². The molecule has 37 heavy (non-hydrogen) atoms. The number of aromatic amines is 1. The van der Waals surface area contributed by atoms with Gasteiger partial charge in [0, 0.05) is 17.0 Å². The van der Waals surface area contributed by atoms with Gasteiger partial charge < -0.3 is 24.7 Å². The maximum atomic E-state index is 13.1. The van der Waals surface area contributed by atoms with Crippen LogP contribution in [-0.2, 0) is 17.8 Å². The molecule has 0 bridgehead atoms. The number of ether oxygens (including phenoxy) is 4. The van der Waals surface area contributed by atoms with Crippen LogP contribution >= 0.6 is 0 Å². The predicted octanol–water partition coefficient (Wildman–Crippen LogP) is 3.10. The number of amidine groups is 1. The quantitative estimate of drug-likeness (QED) is 0.249. The van der Waals surface area contributed by atoms with E-state index in [1.54, 1.807) is 38.5 Å².